The number of benzene rings is 3. The van der Waals surface area contributed by atoms with Crippen molar-refractivity contribution >= 4 is 45.0 Å². The lowest BCUT2D eigenvalue weighted by atomic mass is 9.76. The lowest BCUT2D eigenvalue weighted by Gasteiger charge is -2.39. The van der Waals surface area contributed by atoms with E-state index >= 15 is 0 Å². The normalized spacial score (nSPS) is 16.4. The monoisotopic (exact) mass is 806 g/mol. The predicted octanol–water partition coefficient (Wildman–Crippen LogP) is 7.15. The Morgan fingerprint density at radius 1 is 0.825 bits per heavy atom. The molecule has 57 heavy (non-hydrogen) atoms. The molecule has 0 radical (unpaired) electrons. The van der Waals surface area contributed by atoms with Gasteiger partial charge in [0.15, 0.2) is 0 Å². The van der Waals surface area contributed by atoms with Crippen LogP contribution in [0.1, 0.15) is 92.7 Å². The third kappa shape index (κ3) is 9.25. The van der Waals surface area contributed by atoms with Gasteiger partial charge in [-0.05, 0) is 72.1 Å². The Hall–Kier alpha value is -4.63. The Balaban J connectivity index is 1.53. The molecule has 310 valence electrons. The van der Waals surface area contributed by atoms with E-state index in [9.17, 15) is 27.6 Å². The summed E-state index contributed by atoms with van der Waals surface area (Å²) in [6.07, 6.45) is 0.760. The molecule has 2 atom stereocenters. The summed E-state index contributed by atoms with van der Waals surface area (Å²) in [4.78, 5) is 57.8. The molecule has 0 bridgehead atoms. The van der Waals surface area contributed by atoms with Gasteiger partial charge in [0.2, 0.25) is 22.0 Å². The maximum absolute atomic E-state index is 14.3. The number of imide groups is 1. The third-order valence-corrected chi connectivity index (χ3v) is 12.2. The summed E-state index contributed by atoms with van der Waals surface area (Å²) in [5, 5.41) is 2.54. The number of Topliss-reactive ketones (excluding diaryl/α,β-unsaturated/α-hetero) is 1. The summed E-state index contributed by atoms with van der Waals surface area (Å²) >= 11 is 0. The molecule has 2 N–H and O–H groups in total. The summed E-state index contributed by atoms with van der Waals surface area (Å²) in [6.45, 7) is 18.0. The van der Waals surface area contributed by atoms with Crippen LogP contribution in [-0.2, 0) is 44.7 Å². The zero-order valence-corrected chi connectivity index (χ0v) is 35.8. The number of methoxy groups -OCH3 is 2. The van der Waals surface area contributed by atoms with Crippen LogP contribution in [0.15, 0.2) is 77.7 Å². The van der Waals surface area contributed by atoms with Crippen LogP contribution in [0.5, 0.6) is 5.75 Å². The summed E-state index contributed by atoms with van der Waals surface area (Å²) in [5.74, 6) is -2.33. The van der Waals surface area contributed by atoms with Gasteiger partial charge in [-0.25, -0.2) is 22.8 Å². The lowest BCUT2D eigenvalue weighted by molar-refractivity contribution is -0.182. The number of amides is 4. The maximum Gasteiger partial charge on any atom is 0.337 e. The molecule has 1 saturated heterocycles. The zero-order chi connectivity index (χ0) is 42.6. The molecule has 3 aromatic carbocycles. The number of sulfonamides is 1. The van der Waals surface area contributed by atoms with Gasteiger partial charge in [0.05, 0.1) is 11.5 Å². The minimum Gasteiger partial charge on any atom is -0.493 e. The Morgan fingerprint density at radius 2 is 1.47 bits per heavy atom. The Kier molecular flexibility index (Phi) is 13.8. The number of anilines is 2. The average molecular weight is 807 g/mol. The van der Waals surface area contributed by atoms with Crippen LogP contribution in [0.3, 0.4) is 0 Å². The van der Waals surface area contributed by atoms with Crippen molar-refractivity contribution in [3.8, 4) is 5.75 Å². The van der Waals surface area contributed by atoms with Crippen molar-refractivity contribution in [1.82, 2.24) is 9.62 Å². The average Bonchev–Trinajstić information content (AvgIpc) is 3.43. The van der Waals surface area contributed by atoms with Gasteiger partial charge in [-0.3, -0.25) is 19.3 Å². The second-order valence-electron chi connectivity index (χ2n) is 16.4. The Bertz CT molecular complexity index is 2060. The number of nitrogens with zero attached hydrogens (tertiary/aromatic N) is 2. The van der Waals surface area contributed by atoms with E-state index in [1.165, 1.54) is 57.7 Å². The second kappa shape index (κ2) is 17.5. The van der Waals surface area contributed by atoms with Crippen molar-refractivity contribution in [2.75, 3.05) is 37.6 Å². The standard InChI is InChI=1S/C43H58N4O9S/c1-12-41(6,7)29-23-24-34(33(27-29)42(8,9)13-2)56-26-18-25-44-57(52,53)32-22-17-19-30(28-32)45-38(50)43(55-11,37(49)40(3,4)5)47-35(48)36(54-10)46(39(47)51)31-20-15-14-16-21-31/h14-17,19-24,27-28,36,44H,12-13,18,25-26H2,1-11H3,(H,45,50). The van der Waals surface area contributed by atoms with Gasteiger partial charge < -0.3 is 19.5 Å². The first-order valence-electron chi connectivity index (χ1n) is 19.2. The number of hydrogen-bond donors (Lipinski definition) is 2. The van der Waals surface area contributed by atoms with Crippen LogP contribution in [0.2, 0.25) is 0 Å². The number of urea groups is 1. The summed E-state index contributed by atoms with van der Waals surface area (Å²) < 4.78 is 46.7. The van der Waals surface area contributed by atoms with Gasteiger partial charge in [-0.1, -0.05) is 98.7 Å². The molecule has 4 amide bonds. The smallest absolute Gasteiger partial charge is 0.337 e. The predicted molar refractivity (Wildman–Crippen MR) is 220 cm³/mol. The van der Waals surface area contributed by atoms with E-state index < -0.39 is 51.0 Å². The van der Waals surface area contributed by atoms with Gasteiger partial charge in [0, 0.05) is 43.1 Å². The quantitative estimate of drug-likeness (QED) is 0.0773. The maximum atomic E-state index is 14.3. The van der Waals surface area contributed by atoms with Gasteiger partial charge in [0.1, 0.15) is 5.75 Å². The van der Waals surface area contributed by atoms with E-state index in [0.29, 0.717) is 11.3 Å². The molecule has 2 unspecified atom stereocenters. The first kappa shape index (κ1) is 45.1. The molecule has 3 aromatic rings. The molecule has 1 aliphatic rings. The highest BCUT2D eigenvalue weighted by Gasteiger charge is 2.65. The van der Waals surface area contributed by atoms with Crippen molar-refractivity contribution in [1.29, 1.82) is 0 Å². The van der Waals surface area contributed by atoms with Crippen LogP contribution in [0.25, 0.3) is 0 Å². The van der Waals surface area contributed by atoms with Gasteiger partial charge >= 0.3 is 6.03 Å². The molecule has 0 aromatic heterocycles. The van der Waals surface area contributed by atoms with Crippen LogP contribution >= 0.6 is 0 Å². The van der Waals surface area contributed by atoms with Crippen molar-refractivity contribution in [2.45, 2.75) is 109 Å². The summed E-state index contributed by atoms with van der Waals surface area (Å²) in [7, 11) is -1.82. The molecule has 0 aliphatic carbocycles. The van der Waals surface area contributed by atoms with E-state index in [1.54, 1.807) is 30.3 Å². The summed E-state index contributed by atoms with van der Waals surface area (Å²) in [6, 6.07) is 18.9. The van der Waals surface area contributed by atoms with Crippen LogP contribution in [0, 0.1) is 5.41 Å². The van der Waals surface area contributed by atoms with Gasteiger partial charge in [-0.15, -0.1) is 0 Å². The third-order valence-electron chi connectivity index (χ3n) is 10.8. The van der Waals surface area contributed by atoms with E-state index in [4.69, 9.17) is 14.2 Å². The summed E-state index contributed by atoms with van der Waals surface area (Å²) in [5.41, 5.74) is -1.64. The molecule has 1 aliphatic heterocycles. The van der Waals surface area contributed by atoms with Crippen molar-refractivity contribution < 1.29 is 41.8 Å². The number of carbonyl (C=O) groups excluding carboxylic acids is 4. The number of carbonyl (C=O) groups is 4. The highest BCUT2D eigenvalue weighted by Crippen LogP contribution is 2.39. The number of ether oxygens (including phenoxy) is 3. The molecule has 14 heteroatoms. The zero-order valence-electron chi connectivity index (χ0n) is 35.0. The lowest BCUT2D eigenvalue weighted by Crippen LogP contribution is -2.67. The molecular weight excluding hydrogens is 749 g/mol. The number of para-hydroxylation sites is 1. The molecule has 0 spiro atoms. The minimum atomic E-state index is -4.08. The highest BCUT2D eigenvalue weighted by molar-refractivity contribution is 7.89. The molecular formula is C43H58N4O9S. The number of ketones is 1. The van der Waals surface area contributed by atoms with Crippen LogP contribution < -0.4 is 19.7 Å². The first-order chi connectivity index (χ1) is 26.6. The molecule has 13 nitrogen and oxygen atoms in total. The minimum absolute atomic E-state index is 0.0103. The van der Waals surface area contributed by atoms with Crippen LogP contribution in [-0.4, -0.2) is 76.3 Å². The van der Waals surface area contributed by atoms with E-state index in [0.717, 1.165) is 36.2 Å². The molecule has 1 heterocycles. The largest absolute Gasteiger partial charge is 0.493 e. The van der Waals surface area contributed by atoms with Gasteiger partial charge in [0.25, 0.3) is 17.5 Å². The topological polar surface area (TPSA) is 161 Å². The second-order valence-corrected chi connectivity index (χ2v) is 18.2. The number of hydrogen-bond acceptors (Lipinski definition) is 9. The van der Waals surface area contributed by atoms with Crippen molar-refractivity contribution in [3.05, 3.63) is 83.9 Å². The van der Waals surface area contributed by atoms with Crippen molar-refractivity contribution in [2.24, 2.45) is 5.41 Å². The fourth-order valence-electron chi connectivity index (χ4n) is 6.45. The fourth-order valence-corrected chi connectivity index (χ4v) is 7.57. The molecule has 0 saturated carbocycles. The van der Waals surface area contributed by atoms with E-state index in [2.05, 4.69) is 63.7 Å². The molecule has 4 rings (SSSR count). The first-order valence-corrected chi connectivity index (χ1v) is 20.7. The molecule has 1 fully saturated rings. The Labute approximate surface area is 337 Å². The number of rotatable bonds is 18. The number of nitrogens with one attached hydrogen (secondary N) is 2. The highest BCUT2D eigenvalue weighted by atomic mass is 32.2. The van der Waals surface area contributed by atoms with Gasteiger partial charge in [-0.2, -0.15) is 0 Å². The van der Waals surface area contributed by atoms with Crippen LogP contribution in [0.4, 0.5) is 16.2 Å². The van der Waals surface area contributed by atoms with E-state index in [-0.39, 0.29) is 40.3 Å². The fraction of sp³-hybridized carbons (Fsp3) is 0.488. The SMILES string of the molecule is CCC(C)(C)c1ccc(OCCCNS(=O)(=O)c2cccc(NC(=O)C(OC)(C(=O)C(C)(C)C)N3C(=O)C(OC)N(c4ccccc4)C3=O)c2)c(C(C)(C)CC)c1. The van der Waals surface area contributed by atoms with Crippen molar-refractivity contribution in [3.63, 3.8) is 0 Å². The van der Waals surface area contributed by atoms with E-state index in [1.807, 2.05) is 6.07 Å². The Morgan fingerprint density at radius 3 is 2.05 bits per heavy atom.